The predicted molar refractivity (Wildman–Crippen MR) is 134 cm³/mol. The van der Waals surface area contributed by atoms with Crippen molar-refractivity contribution in [2.24, 2.45) is 5.92 Å². The van der Waals surface area contributed by atoms with Gasteiger partial charge in [-0.3, -0.25) is 9.59 Å². The number of nitrogens with one attached hydrogen (secondary N) is 1. The molecule has 1 atom stereocenters. The van der Waals surface area contributed by atoms with Crippen molar-refractivity contribution in [3.8, 4) is 0 Å². The molecule has 2 amide bonds. The zero-order valence-corrected chi connectivity index (χ0v) is 20.1. The van der Waals surface area contributed by atoms with E-state index in [1.54, 1.807) is 23.1 Å². The molecule has 1 N–H and O–H groups in total. The molecule has 0 aliphatic heterocycles. The Morgan fingerprint density at radius 1 is 0.912 bits per heavy atom. The van der Waals surface area contributed by atoms with E-state index in [9.17, 15) is 14.0 Å². The second kappa shape index (κ2) is 12.1. The fraction of sp³-hybridized carbons (Fsp3) is 0.310. The topological polar surface area (TPSA) is 49.4 Å². The second-order valence-corrected chi connectivity index (χ2v) is 9.12. The summed E-state index contributed by atoms with van der Waals surface area (Å²) in [7, 11) is 0. The standard InChI is InChI=1S/C29H33FN2O2/c1-21(2)19-31-29(34)27(17-23-11-5-4-6-12-23)32(20-24-13-9-10-22(3)16-24)28(33)18-25-14-7-8-15-26(25)30/h4-16,21,27H,17-20H2,1-3H3,(H,31,34)/t27-/m1/s1. The molecule has 0 radical (unpaired) electrons. The van der Waals surface area contributed by atoms with Gasteiger partial charge in [0.2, 0.25) is 11.8 Å². The summed E-state index contributed by atoms with van der Waals surface area (Å²) in [5.41, 5.74) is 3.28. The van der Waals surface area contributed by atoms with Crippen molar-refractivity contribution in [3.05, 3.63) is 107 Å². The van der Waals surface area contributed by atoms with E-state index in [1.165, 1.54) is 6.07 Å². The van der Waals surface area contributed by atoms with Crippen molar-refractivity contribution in [2.75, 3.05) is 6.54 Å². The van der Waals surface area contributed by atoms with E-state index in [4.69, 9.17) is 0 Å². The quantitative estimate of drug-likeness (QED) is 0.458. The van der Waals surface area contributed by atoms with Crippen LogP contribution in [-0.2, 0) is 29.0 Å². The van der Waals surface area contributed by atoms with Crippen LogP contribution in [0.15, 0.2) is 78.9 Å². The molecule has 4 nitrogen and oxygen atoms in total. The molecule has 178 valence electrons. The lowest BCUT2D eigenvalue weighted by atomic mass is 10.0. The van der Waals surface area contributed by atoms with Crippen molar-refractivity contribution in [3.63, 3.8) is 0 Å². The van der Waals surface area contributed by atoms with Crippen molar-refractivity contribution >= 4 is 11.8 Å². The smallest absolute Gasteiger partial charge is 0.243 e. The first kappa shape index (κ1) is 25.2. The maximum atomic E-state index is 14.4. The highest BCUT2D eigenvalue weighted by Crippen LogP contribution is 2.18. The molecule has 0 heterocycles. The maximum absolute atomic E-state index is 14.4. The number of benzene rings is 3. The molecule has 0 aromatic heterocycles. The van der Waals surface area contributed by atoms with Gasteiger partial charge in [-0.1, -0.05) is 92.2 Å². The highest BCUT2D eigenvalue weighted by molar-refractivity contribution is 5.88. The molecule has 0 aliphatic rings. The molecular formula is C29H33FN2O2. The number of carbonyl (C=O) groups is 2. The fourth-order valence-corrected chi connectivity index (χ4v) is 3.89. The van der Waals surface area contributed by atoms with E-state index >= 15 is 0 Å². The van der Waals surface area contributed by atoms with Gasteiger partial charge in [0.05, 0.1) is 6.42 Å². The van der Waals surface area contributed by atoms with E-state index in [2.05, 4.69) is 5.32 Å². The van der Waals surface area contributed by atoms with Crippen LogP contribution in [0.25, 0.3) is 0 Å². The van der Waals surface area contributed by atoms with Gasteiger partial charge in [-0.05, 0) is 35.6 Å². The molecule has 0 saturated heterocycles. The Balaban J connectivity index is 1.97. The maximum Gasteiger partial charge on any atom is 0.243 e. The van der Waals surface area contributed by atoms with Crippen LogP contribution in [0, 0.1) is 18.7 Å². The summed E-state index contributed by atoms with van der Waals surface area (Å²) in [6, 6.07) is 23.1. The monoisotopic (exact) mass is 460 g/mol. The number of carbonyl (C=O) groups excluding carboxylic acids is 2. The number of nitrogens with zero attached hydrogens (tertiary/aromatic N) is 1. The van der Waals surface area contributed by atoms with Gasteiger partial charge in [0, 0.05) is 19.5 Å². The molecule has 3 aromatic carbocycles. The van der Waals surface area contributed by atoms with Gasteiger partial charge in [-0.2, -0.15) is 0 Å². The minimum absolute atomic E-state index is 0.110. The van der Waals surface area contributed by atoms with Crippen LogP contribution < -0.4 is 5.32 Å². The molecule has 34 heavy (non-hydrogen) atoms. The SMILES string of the molecule is Cc1cccc(CN(C(=O)Cc2ccccc2F)[C@H](Cc2ccccc2)C(=O)NCC(C)C)c1. The van der Waals surface area contributed by atoms with E-state index in [0.29, 0.717) is 18.5 Å². The number of hydrogen-bond donors (Lipinski definition) is 1. The molecule has 0 unspecified atom stereocenters. The van der Waals surface area contributed by atoms with Gasteiger partial charge in [0.1, 0.15) is 11.9 Å². The average Bonchev–Trinajstić information content (AvgIpc) is 2.82. The van der Waals surface area contributed by atoms with Crippen LogP contribution in [0.3, 0.4) is 0 Å². The first-order valence-corrected chi connectivity index (χ1v) is 11.7. The molecule has 3 rings (SSSR count). The summed E-state index contributed by atoms with van der Waals surface area (Å²) in [4.78, 5) is 28.6. The Morgan fingerprint density at radius 3 is 2.26 bits per heavy atom. The third-order valence-electron chi connectivity index (χ3n) is 5.69. The van der Waals surface area contributed by atoms with E-state index in [-0.39, 0.29) is 30.7 Å². The Kier molecular flexibility index (Phi) is 8.97. The van der Waals surface area contributed by atoms with Crippen LogP contribution >= 0.6 is 0 Å². The highest BCUT2D eigenvalue weighted by Gasteiger charge is 2.30. The summed E-state index contributed by atoms with van der Waals surface area (Å²) < 4.78 is 14.4. The van der Waals surface area contributed by atoms with Gasteiger partial charge in [0.15, 0.2) is 0 Å². The molecule has 0 aliphatic carbocycles. The van der Waals surface area contributed by atoms with Crippen molar-refractivity contribution in [1.29, 1.82) is 0 Å². The van der Waals surface area contributed by atoms with E-state index < -0.39 is 11.9 Å². The van der Waals surface area contributed by atoms with Gasteiger partial charge in [0.25, 0.3) is 0 Å². The molecule has 5 heteroatoms. The lowest BCUT2D eigenvalue weighted by Crippen LogP contribution is -2.51. The largest absolute Gasteiger partial charge is 0.354 e. The molecule has 0 saturated carbocycles. The van der Waals surface area contributed by atoms with Crippen molar-refractivity contribution in [2.45, 2.75) is 46.2 Å². The first-order chi connectivity index (χ1) is 16.3. The van der Waals surface area contributed by atoms with Gasteiger partial charge < -0.3 is 10.2 Å². The Bertz CT molecular complexity index is 1100. The first-order valence-electron chi connectivity index (χ1n) is 11.7. The zero-order valence-electron chi connectivity index (χ0n) is 20.1. The van der Waals surface area contributed by atoms with E-state index in [0.717, 1.165) is 16.7 Å². The normalized spacial score (nSPS) is 11.8. The third-order valence-corrected chi connectivity index (χ3v) is 5.69. The van der Waals surface area contributed by atoms with Gasteiger partial charge in [-0.25, -0.2) is 4.39 Å². The lowest BCUT2D eigenvalue weighted by molar-refractivity contribution is -0.140. The average molecular weight is 461 g/mol. The van der Waals surface area contributed by atoms with Crippen molar-refractivity contribution < 1.29 is 14.0 Å². The fourth-order valence-electron chi connectivity index (χ4n) is 3.89. The van der Waals surface area contributed by atoms with Crippen LogP contribution in [0.1, 0.15) is 36.1 Å². The molecule has 0 bridgehead atoms. The summed E-state index contributed by atoms with van der Waals surface area (Å²) in [6.45, 7) is 6.83. The molecule has 0 spiro atoms. The number of amides is 2. The predicted octanol–water partition coefficient (Wildman–Crippen LogP) is 5.09. The highest BCUT2D eigenvalue weighted by atomic mass is 19.1. The number of aryl methyl sites for hydroxylation is 1. The summed E-state index contributed by atoms with van der Waals surface area (Å²) in [5.74, 6) is -0.629. The number of halogens is 1. The van der Waals surface area contributed by atoms with Crippen LogP contribution in [0.2, 0.25) is 0 Å². The Hall–Kier alpha value is -3.47. The van der Waals surface area contributed by atoms with Gasteiger partial charge in [-0.15, -0.1) is 0 Å². The Morgan fingerprint density at radius 2 is 1.59 bits per heavy atom. The van der Waals surface area contributed by atoms with Crippen LogP contribution in [0.5, 0.6) is 0 Å². The molecule has 3 aromatic rings. The van der Waals surface area contributed by atoms with Crippen LogP contribution in [-0.4, -0.2) is 29.3 Å². The van der Waals surface area contributed by atoms with E-state index in [1.807, 2.05) is 75.4 Å². The van der Waals surface area contributed by atoms with Gasteiger partial charge >= 0.3 is 0 Å². The zero-order chi connectivity index (χ0) is 24.5. The minimum atomic E-state index is -0.721. The number of rotatable bonds is 10. The lowest BCUT2D eigenvalue weighted by Gasteiger charge is -2.32. The summed E-state index contributed by atoms with van der Waals surface area (Å²) in [5, 5.41) is 3.00. The summed E-state index contributed by atoms with van der Waals surface area (Å²) in [6.07, 6.45) is 0.265. The summed E-state index contributed by atoms with van der Waals surface area (Å²) >= 11 is 0. The molecule has 0 fully saturated rings. The van der Waals surface area contributed by atoms with Crippen LogP contribution in [0.4, 0.5) is 4.39 Å². The Labute approximate surface area is 201 Å². The second-order valence-electron chi connectivity index (χ2n) is 9.12. The minimum Gasteiger partial charge on any atom is -0.354 e. The molecular weight excluding hydrogens is 427 g/mol. The third kappa shape index (κ3) is 7.27. The number of hydrogen-bond acceptors (Lipinski definition) is 2. The van der Waals surface area contributed by atoms with Crippen molar-refractivity contribution in [1.82, 2.24) is 10.2 Å².